The largest absolute Gasteiger partial charge is 0.472 e. The van der Waals surface area contributed by atoms with Gasteiger partial charge in [0.2, 0.25) is 0 Å². The number of hydrogen-bond acceptors (Lipinski definition) is 3. The van der Waals surface area contributed by atoms with E-state index in [1.807, 2.05) is 0 Å². The Hall–Kier alpha value is -5.38. The van der Waals surface area contributed by atoms with E-state index < -0.39 is 5.60 Å². The molecule has 7 aromatic carbocycles. The minimum Gasteiger partial charge on any atom is -0.472 e. The lowest BCUT2D eigenvalue weighted by atomic mass is 9.76. The van der Waals surface area contributed by atoms with Crippen LogP contribution >= 0.6 is 0 Å². The predicted octanol–water partition coefficient (Wildman–Crippen LogP) is 11.6. The number of fused-ring (bicyclic) bond motifs is 11. The Kier molecular flexibility index (Phi) is 7.29. The van der Waals surface area contributed by atoms with Gasteiger partial charge in [0.05, 0.1) is 6.61 Å². The number of benzene rings is 7. The molecule has 2 aliphatic rings. The van der Waals surface area contributed by atoms with E-state index in [4.69, 9.17) is 9.47 Å². The van der Waals surface area contributed by atoms with E-state index in [2.05, 4.69) is 166 Å². The summed E-state index contributed by atoms with van der Waals surface area (Å²) in [6.07, 6.45) is 5.71. The van der Waals surface area contributed by atoms with Crippen molar-refractivity contribution in [3.8, 4) is 16.9 Å². The molecule has 0 spiro atoms. The number of ether oxygens (including phenoxy) is 2. The zero-order valence-corrected chi connectivity index (χ0v) is 28.9. The number of rotatable bonds is 8. The summed E-state index contributed by atoms with van der Waals surface area (Å²) in [6.45, 7) is 9.09. The molecule has 1 unspecified atom stereocenters. The molecule has 0 saturated heterocycles. The third-order valence-electron chi connectivity index (χ3n) is 10.9. The molecule has 0 radical (unpaired) electrons. The van der Waals surface area contributed by atoms with Gasteiger partial charge in [0, 0.05) is 46.3 Å². The normalized spacial score (nSPS) is 17.0. The number of hydrogen-bond donors (Lipinski definition) is 1. The van der Waals surface area contributed by atoms with Gasteiger partial charge in [-0.15, -0.1) is 0 Å². The van der Waals surface area contributed by atoms with E-state index in [0.29, 0.717) is 6.61 Å². The summed E-state index contributed by atoms with van der Waals surface area (Å²) < 4.78 is 13.4. The Morgan fingerprint density at radius 3 is 2.14 bits per heavy atom. The van der Waals surface area contributed by atoms with Crippen LogP contribution in [0.25, 0.3) is 49.5 Å². The zero-order valence-electron chi connectivity index (χ0n) is 28.9. The molecule has 0 aromatic heterocycles. The first-order chi connectivity index (χ1) is 24.5. The lowest BCUT2D eigenvalue weighted by molar-refractivity contribution is 0.144. The van der Waals surface area contributed by atoms with Crippen molar-refractivity contribution in [2.75, 3.05) is 25.1 Å². The van der Waals surface area contributed by atoms with Gasteiger partial charge in [-0.2, -0.15) is 0 Å². The van der Waals surface area contributed by atoms with Crippen LogP contribution in [-0.2, 0) is 15.8 Å². The zero-order chi connectivity index (χ0) is 33.9. The van der Waals surface area contributed by atoms with Crippen LogP contribution in [0.15, 0.2) is 133 Å². The second kappa shape index (κ2) is 11.9. The van der Waals surface area contributed by atoms with Crippen molar-refractivity contribution in [3.63, 3.8) is 0 Å². The van der Waals surface area contributed by atoms with Crippen molar-refractivity contribution in [2.45, 2.75) is 38.2 Å². The Bertz CT molecular complexity index is 2460. The SMILES string of the molecule is CCCOCCNc1ccc(C2(c3cc4ccccc4c4ccccc34)C=Cc3c4c(c5ccccc5c3O2)-c2ccccc2C4(C)C)cc1. The Balaban J connectivity index is 1.28. The van der Waals surface area contributed by atoms with E-state index in [-0.39, 0.29) is 5.41 Å². The molecule has 1 N–H and O–H groups in total. The first kappa shape index (κ1) is 30.7. The molecule has 246 valence electrons. The summed E-state index contributed by atoms with van der Waals surface area (Å²) in [4.78, 5) is 0. The third-order valence-corrected chi connectivity index (χ3v) is 10.9. The molecule has 1 atom stereocenters. The summed E-state index contributed by atoms with van der Waals surface area (Å²) in [5.41, 5.74) is 8.74. The lowest BCUT2D eigenvalue weighted by Gasteiger charge is -2.39. The topological polar surface area (TPSA) is 30.5 Å². The molecule has 7 aromatic rings. The minimum absolute atomic E-state index is 0.183. The molecule has 0 amide bonds. The van der Waals surface area contributed by atoms with Crippen LogP contribution in [-0.4, -0.2) is 19.8 Å². The van der Waals surface area contributed by atoms with Crippen LogP contribution in [0.1, 0.15) is 55.0 Å². The van der Waals surface area contributed by atoms with Gasteiger partial charge in [-0.25, -0.2) is 0 Å². The second-order valence-corrected chi connectivity index (χ2v) is 14.2. The van der Waals surface area contributed by atoms with Crippen molar-refractivity contribution in [1.82, 2.24) is 0 Å². The fourth-order valence-electron chi connectivity index (χ4n) is 8.57. The van der Waals surface area contributed by atoms with Gasteiger partial charge >= 0.3 is 0 Å². The van der Waals surface area contributed by atoms with Crippen LogP contribution < -0.4 is 10.1 Å². The number of nitrogens with one attached hydrogen (secondary N) is 1. The highest BCUT2D eigenvalue weighted by Gasteiger charge is 2.44. The first-order valence-corrected chi connectivity index (χ1v) is 17.9. The molecule has 0 saturated carbocycles. The van der Waals surface area contributed by atoms with Crippen LogP contribution in [0.5, 0.6) is 5.75 Å². The summed E-state index contributed by atoms with van der Waals surface area (Å²) in [7, 11) is 0. The lowest BCUT2D eigenvalue weighted by Crippen LogP contribution is -2.35. The maximum absolute atomic E-state index is 7.72. The first-order valence-electron chi connectivity index (χ1n) is 17.9. The van der Waals surface area contributed by atoms with Gasteiger partial charge in [-0.3, -0.25) is 0 Å². The van der Waals surface area contributed by atoms with Crippen molar-refractivity contribution < 1.29 is 9.47 Å². The van der Waals surface area contributed by atoms with Crippen LogP contribution in [0.3, 0.4) is 0 Å². The summed E-state index contributed by atoms with van der Waals surface area (Å²) in [6, 6.07) is 46.3. The Labute approximate surface area is 294 Å². The van der Waals surface area contributed by atoms with E-state index >= 15 is 0 Å². The molecule has 1 aliphatic heterocycles. The van der Waals surface area contributed by atoms with Crippen molar-refractivity contribution in [1.29, 1.82) is 0 Å². The second-order valence-electron chi connectivity index (χ2n) is 14.2. The monoisotopic (exact) mass is 651 g/mol. The fourth-order valence-corrected chi connectivity index (χ4v) is 8.57. The molecule has 50 heavy (non-hydrogen) atoms. The van der Waals surface area contributed by atoms with Crippen LogP contribution in [0.4, 0.5) is 5.69 Å². The average Bonchev–Trinajstić information content (AvgIpc) is 3.41. The maximum atomic E-state index is 7.72. The molecule has 3 nitrogen and oxygen atoms in total. The van der Waals surface area contributed by atoms with E-state index in [9.17, 15) is 0 Å². The van der Waals surface area contributed by atoms with Crippen LogP contribution in [0, 0.1) is 0 Å². The summed E-state index contributed by atoms with van der Waals surface area (Å²) >= 11 is 0. The van der Waals surface area contributed by atoms with Crippen molar-refractivity contribution in [3.05, 3.63) is 161 Å². The number of anilines is 1. The highest BCUT2D eigenvalue weighted by Crippen LogP contribution is 2.58. The highest BCUT2D eigenvalue weighted by atomic mass is 16.5. The van der Waals surface area contributed by atoms with E-state index in [1.54, 1.807) is 0 Å². The highest BCUT2D eigenvalue weighted by molar-refractivity contribution is 6.11. The molecule has 3 heteroatoms. The summed E-state index contributed by atoms with van der Waals surface area (Å²) in [5.74, 6) is 0.940. The molecule has 9 rings (SSSR count). The van der Waals surface area contributed by atoms with Gasteiger partial charge in [0.15, 0.2) is 5.60 Å². The standard InChI is InChI=1S/C47H41NO2/c1-4-28-49-29-27-48-33-23-21-32(22-24-33)47(42-30-31-13-5-6-14-34(31)35-15-7-8-16-36(35)42)26-25-40-44-43(37-17-9-10-18-38(37)45(40)50-47)39-19-11-12-20-41(39)46(44,2)3/h5-26,30,48H,4,27-29H2,1-3H3. The van der Waals surface area contributed by atoms with Crippen LogP contribution in [0.2, 0.25) is 0 Å². The molecule has 0 fully saturated rings. The Morgan fingerprint density at radius 1 is 0.660 bits per heavy atom. The van der Waals surface area contributed by atoms with E-state index in [1.165, 1.54) is 54.7 Å². The summed E-state index contributed by atoms with van der Waals surface area (Å²) in [5, 5.41) is 10.8. The molecule has 1 heterocycles. The molecule has 1 aliphatic carbocycles. The Morgan fingerprint density at radius 2 is 1.34 bits per heavy atom. The third kappa shape index (κ3) is 4.60. The van der Waals surface area contributed by atoms with Crippen molar-refractivity contribution in [2.24, 2.45) is 0 Å². The minimum atomic E-state index is -0.883. The molecular weight excluding hydrogens is 611 g/mol. The van der Waals surface area contributed by atoms with Gasteiger partial charge in [0.1, 0.15) is 5.75 Å². The van der Waals surface area contributed by atoms with Gasteiger partial charge in [-0.05, 0) is 79.9 Å². The van der Waals surface area contributed by atoms with Gasteiger partial charge < -0.3 is 14.8 Å². The predicted molar refractivity (Wildman–Crippen MR) is 209 cm³/mol. The maximum Gasteiger partial charge on any atom is 0.178 e. The van der Waals surface area contributed by atoms with Gasteiger partial charge in [-0.1, -0.05) is 136 Å². The van der Waals surface area contributed by atoms with E-state index in [0.717, 1.165) is 47.5 Å². The average molecular weight is 652 g/mol. The smallest absolute Gasteiger partial charge is 0.178 e. The van der Waals surface area contributed by atoms with Gasteiger partial charge in [0.25, 0.3) is 0 Å². The van der Waals surface area contributed by atoms with Crippen molar-refractivity contribution >= 4 is 44.1 Å². The quantitative estimate of drug-likeness (QED) is 0.131. The fraction of sp³-hybridized carbons (Fsp3) is 0.191. The molecular formula is C47H41NO2. The molecule has 0 bridgehead atoms.